The van der Waals surface area contributed by atoms with Crippen molar-refractivity contribution in [3.05, 3.63) is 82.6 Å². The highest BCUT2D eigenvalue weighted by Crippen LogP contribution is 2.24. The number of amides is 1. The molecule has 4 rings (SSSR count). The van der Waals surface area contributed by atoms with Gasteiger partial charge in [0.1, 0.15) is 5.75 Å². The summed E-state index contributed by atoms with van der Waals surface area (Å²) in [5.74, 6) is -0.334. The largest absolute Gasteiger partial charge is 0.504 e. The maximum Gasteiger partial charge on any atom is 0.266 e. The number of benzene rings is 3. The van der Waals surface area contributed by atoms with Crippen molar-refractivity contribution in [2.75, 3.05) is 12.9 Å². The number of thioether (sulfide) groups is 1. The predicted molar refractivity (Wildman–Crippen MR) is 130 cm³/mol. The number of carbonyl (C=O) groups excluding carboxylic acids is 1. The van der Waals surface area contributed by atoms with Gasteiger partial charge in [-0.3, -0.25) is 14.2 Å². The molecule has 0 saturated carbocycles. The Morgan fingerprint density at radius 3 is 2.62 bits per heavy atom. The molecule has 34 heavy (non-hydrogen) atoms. The second-order valence-electron chi connectivity index (χ2n) is 7.08. The van der Waals surface area contributed by atoms with Crippen molar-refractivity contribution in [2.45, 2.75) is 5.16 Å². The Morgan fingerprint density at radius 2 is 1.88 bits per heavy atom. The number of hydrogen-bond acceptors (Lipinski definition) is 8. The highest BCUT2D eigenvalue weighted by Gasteiger charge is 2.15. The molecule has 4 aromatic rings. The van der Waals surface area contributed by atoms with Crippen LogP contribution in [0.5, 0.6) is 17.2 Å². The van der Waals surface area contributed by atoms with Crippen molar-refractivity contribution < 1.29 is 19.7 Å². The number of rotatable bonds is 7. The number of nitrogens with zero attached hydrogens (tertiary/aromatic N) is 3. The first-order chi connectivity index (χ1) is 16.5. The zero-order valence-electron chi connectivity index (χ0n) is 18.0. The number of nitrogens with one attached hydrogen (secondary N) is 1. The summed E-state index contributed by atoms with van der Waals surface area (Å²) >= 11 is 1.10. The Morgan fingerprint density at radius 1 is 1.12 bits per heavy atom. The topological polar surface area (TPSA) is 126 Å². The summed E-state index contributed by atoms with van der Waals surface area (Å²) in [6, 6.07) is 18.2. The maximum atomic E-state index is 13.2. The highest BCUT2D eigenvalue weighted by atomic mass is 32.2. The van der Waals surface area contributed by atoms with Crippen LogP contribution in [-0.2, 0) is 4.79 Å². The average Bonchev–Trinajstić information content (AvgIpc) is 2.85. The molecule has 0 saturated heterocycles. The summed E-state index contributed by atoms with van der Waals surface area (Å²) < 4.78 is 6.66. The van der Waals surface area contributed by atoms with E-state index < -0.39 is 5.91 Å². The molecule has 1 amide bonds. The van der Waals surface area contributed by atoms with Crippen LogP contribution in [0, 0.1) is 0 Å². The van der Waals surface area contributed by atoms with E-state index in [1.54, 1.807) is 55.6 Å². The number of hydrogen-bond donors (Lipinski definition) is 3. The van der Waals surface area contributed by atoms with Gasteiger partial charge in [0.2, 0.25) is 0 Å². The number of fused-ring (bicyclic) bond motifs is 1. The second-order valence-corrected chi connectivity index (χ2v) is 8.02. The summed E-state index contributed by atoms with van der Waals surface area (Å²) in [6.07, 6.45) is 1.34. The van der Waals surface area contributed by atoms with Gasteiger partial charge in [0.15, 0.2) is 16.7 Å². The standard InChI is InChI=1S/C24H20N4O5S/c1-33-17-9-7-16(8-10-17)28-23(32)18-4-2-3-5-19(18)26-24(28)34-14-22(31)27-25-13-15-6-11-20(29)21(30)12-15/h2-13,29-30H,14H2,1H3,(H,27,31)/b25-13+. The van der Waals surface area contributed by atoms with Gasteiger partial charge in [-0.05, 0) is 60.2 Å². The van der Waals surface area contributed by atoms with Crippen LogP contribution in [0.2, 0.25) is 0 Å². The quantitative estimate of drug-likeness (QED) is 0.123. The Balaban J connectivity index is 1.55. The molecule has 0 aliphatic carbocycles. The van der Waals surface area contributed by atoms with Crippen molar-refractivity contribution in [3.63, 3.8) is 0 Å². The summed E-state index contributed by atoms with van der Waals surface area (Å²) in [5, 5.41) is 23.6. The van der Waals surface area contributed by atoms with Crippen molar-refractivity contribution in [1.29, 1.82) is 0 Å². The van der Waals surface area contributed by atoms with Gasteiger partial charge in [0, 0.05) is 0 Å². The number of aromatic nitrogens is 2. The lowest BCUT2D eigenvalue weighted by molar-refractivity contribution is -0.118. The first kappa shape index (κ1) is 22.9. The molecular weight excluding hydrogens is 456 g/mol. The van der Waals surface area contributed by atoms with E-state index in [9.17, 15) is 19.8 Å². The minimum atomic E-state index is -0.409. The van der Waals surface area contributed by atoms with E-state index in [4.69, 9.17) is 4.74 Å². The minimum Gasteiger partial charge on any atom is -0.504 e. The molecule has 0 fully saturated rings. The third-order valence-corrected chi connectivity index (χ3v) is 5.75. The zero-order chi connectivity index (χ0) is 24.1. The lowest BCUT2D eigenvalue weighted by atomic mass is 10.2. The SMILES string of the molecule is COc1ccc(-n2c(SCC(=O)N/N=C/c3ccc(O)c(O)c3)nc3ccccc3c2=O)cc1. The third-order valence-electron chi connectivity index (χ3n) is 4.81. The summed E-state index contributed by atoms with van der Waals surface area (Å²) in [5.41, 5.74) is 3.77. The lowest BCUT2D eigenvalue weighted by Crippen LogP contribution is -2.24. The van der Waals surface area contributed by atoms with Gasteiger partial charge in [-0.2, -0.15) is 5.10 Å². The predicted octanol–water partition coefficient (Wildman–Crippen LogP) is 3.05. The molecule has 0 radical (unpaired) electrons. The van der Waals surface area contributed by atoms with Gasteiger partial charge in [-0.25, -0.2) is 10.4 Å². The monoisotopic (exact) mass is 476 g/mol. The zero-order valence-corrected chi connectivity index (χ0v) is 18.8. The van der Waals surface area contributed by atoms with Crippen molar-refractivity contribution in [2.24, 2.45) is 5.10 Å². The van der Waals surface area contributed by atoms with E-state index in [-0.39, 0.29) is 22.8 Å². The Hall–Kier alpha value is -4.31. The van der Waals surface area contributed by atoms with E-state index in [2.05, 4.69) is 15.5 Å². The van der Waals surface area contributed by atoms with Crippen LogP contribution >= 0.6 is 11.8 Å². The van der Waals surface area contributed by atoms with E-state index in [1.165, 1.54) is 29.0 Å². The fourth-order valence-electron chi connectivity index (χ4n) is 3.13. The summed E-state index contributed by atoms with van der Waals surface area (Å²) in [6.45, 7) is 0. The van der Waals surface area contributed by atoms with Gasteiger partial charge < -0.3 is 14.9 Å². The van der Waals surface area contributed by atoms with E-state index in [1.807, 2.05) is 0 Å². The molecule has 10 heteroatoms. The first-order valence-electron chi connectivity index (χ1n) is 10.1. The van der Waals surface area contributed by atoms with Gasteiger partial charge in [-0.1, -0.05) is 23.9 Å². The van der Waals surface area contributed by atoms with Gasteiger partial charge in [0.25, 0.3) is 11.5 Å². The number of aromatic hydroxyl groups is 2. The molecule has 0 aliphatic rings. The maximum absolute atomic E-state index is 13.2. The van der Waals surface area contributed by atoms with Crippen molar-refractivity contribution >= 4 is 34.8 Å². The smallest absolute Gasteiger partial charge is 0.266 e. The van der Waals surface area contributed by atoms with Crippen LogP contribution < -0.4 is 15.7 Å². The van der Waals surface area contributed by atoms with Crippen molar-refractivity contribution in [1.82, 2.24) is 15.0 Å². The molecule has 0 bridgehead atoms. The van der Waals surface area contributed by atoms with E-state index in [0.29, 0.717) is 33.1 Å². The number of hydrazone groups is 1. The molecule has 1 aromatic heterocycles. The molecule has 0 aliphatic heterocycles. The van der Waals surface area contributed by atoms with Crippen LogP contribution in [0.25, 0.3) is 16.6 Å². The molecule has 0 spiro atoms. The van der Waals surface area contributed by atoms with Crippen LogP contribution in [0.3, 0.4) is 0 Å². The minimum absolute atomic E-state index is 0.0426. The number of ether oxygens (including phenoxy) is 1. The molecule has 3 N–H and O–H groups in total. The Kier molecular flexibility index (Phi) is 6.79. The second kappa shape index (κ2) is 10.1. The van der Waals surface area contributed by atoms with Crippen molar-refractivity contribution in [3.8, 4) is 22.9 Å². The van der Waals surface area contributed by atoms with Crippen LogP contribution in [-0.4, -0.2) is 44.7 Å². The molecule has 1 heterocycles. The summed E-state index contributed by atoms with van der Waals surface area (Å²) in [7, 11) is 1.56. The van der Waals surface area contributed by atoms with E-state index >= 15 is 0 Å². The number of methoxy groups -OCH3 is 1. The number of carbonyl (C=O) groups is 1. The lowest BCUT2D eigenvalue weighted by Gasteiger charge is -2.13. The molecule has 0 unspecified atom stereocenters. The van der Waals surface area contributed by atoms with Crippen LogP contribution in [0.4, 0.5) is 0 Å². The molecule has 9 nitrogen and oxygen atoms in total. The fourth-order valence-corrected chi connectivity index (χ4v) is 3.94. The normalized spacial score (nSPS) is 11.1. The summed E-state index contributed by atoms with van der Waals surface area (Å²) in [4.78, 5) is 30.2. The van der Waals surface area contributed by atoms with Crippen LogP contribution in [0.15, 0.2) is 81.8 Å². The molecule has 172 valence electrons. The van der Waals surface area contributed by atoms with Crippen LogP contribution in [0.1, 0.15) is 5.56 Å². The fraction of sp³-hybridized carbons (Fsp3) is 0.0833. The number of para-hydroxylation sites is 1. The molecule has 0 atom stereocenters. The first-order valence-corrected chi connectivity index (χ1v) is 11.1. The average molecular weight is 477 g/mol. The number of phenols is 2. The van der Waals surface area contributed by atoms with E-state index in [0.717, 1.165) is 11.8 Å². The Labute approximate surface area is 198 Å². The van der Waals surface area contributed by atoms with Gasteiger partial charge in [-0.15, -0.1) is 0 Å². The van der Waals surface area contributed by atoms with Gasteiger partial charge in [0.05, 0.1) is 35.7 Å². The molecular formula is C24H20N4O5S. The Bertz CT molecular complexity index is 1430. The highest BCUT2D eigenvalue weighted by molar-refractivity contribution is 7.99. The van der Waals surface area contributed by atoms with Gasteiger partial charge >= 0.3 is 0 Å². The molecule has 3 aromatic carbocycles. The number of phenolic OH excluding ortho intramolecular Hbond substituents is 2. The third kappa shape index (κ3) is 5.02.